The summed E-state index contributed by atoms with van der Waals surface area (Å²) in [5, 5.41) is 3.45. The van der Waals surface area contributed by atoms with Crippen LogP contribution in [0.3, 0.4) is 0 Å². The molecule has 4 unspecified atom stereocenters. The first kappa shape index (κ1) is 14.4. The largest absolute Gasteiger partial charge is 0.314 e. The second-order valence-corrected chi connectivity index (χ2v) is 5.77. The molecule has 2 nitrogen and oxygen atoms in total. The van der Waals surface area contributed by atoms with Crippen LogP contribution in [-0.2, 0) is 4.79 Å². The Morgan fingerprint density at radius 2 is 2.24 bits per heavy atom. The Balaban J connectivity index is 2.69. The standard InChI is InChI=1S/C15H27NO/c1-12(11-17)13(2)15(3,16-4)10-14-8-6-5-7-9-14/h6,8,11-14,16H,5,7,9-10H2,1-4H3. The third kappa shape index (κ3) is 3.67. The van der Waals surface area contributed by atoms with E-state index in [0.29, 0.717) is 11.8 Å². The highest BCUT2D eigenvalue weighted by molar-refractivity contribution is 5.53. The van der Waals surface area contributed by atoms with Gasteiger partial charge in [-0.25, -0.2) is 0 Å². The SMILES string of the molecule is CNC(C)(CC1C=CCCC1)C(C)C(C)C=O. The Hall–Kier alpha value is -0.630. The smallest absolute Gasteiger partial charge is 0.123 e. The van der Waals surface area contributed by atoms with Gasteiger partial charge in [0.15, 0.2) is 0 Å². The van der Waals surface area contributed by atoms with E-state index in [9.17, 15) is 4.79 Å². The number of rotatable bonds is 6. The van der Waals surface area contributed by atoms with Crippen LogP contribution in [0.15, 0.2) is 12.2 Å². The fourth-order valence-electron chi connectivity index (χ4n) is 2.81. The van der Waals surface area contributed by atoms with Crippen LogP contribution in [0.4, 0.5) is 0 Å². The van der Waals surface area contributed by atoms with E-state index in [-0.39, 0.29) is 11.5 Å². The van der Waals surface area contributed by atoms with Gasteiger partial charge >= 0.3 is 0 Å². The fraction of sp³-hybridized carbons (Fsp3) is 0.800. The molecule has 1 N–H and O–H groups in total. The maximum Gasteiger partial charge on any atom is 0.123 e. The van der Waals surface area contributed by atoms with Crippen LogP contribution in [-0.4, -0.2) is 18.9 Å². The minimum absolute atomic E-state index is 0.0483. The maximum atomic E-state index is 11.0. The Kier molecular flexibility index (Phi) is 5.38. The molecule has 0 heterocycles. The average Bonchev–Trinajstić information content (AvgIpc) is 2.37. The Bertz CT molecular complexity index is 274. The summed E-state index contributed by atoms with van der Waals surface area (Å²) in [5.41, 5.74) is 0.0483. The summed E-state index contributed by atoms with van der Waals surface area (Å²) >= 11 is 0. The van der Waals surface area contributed by atoms with Crippen molar-refractivity contribution in [2.45, 2.75) is 52.0 Å². The van der Waals surface area contributed by atoms with Crippen molar-refractivity contribution in [2.24, 2.45) is 17.8 Å². The molecular formula is C15H27NO. The van der Waals surface area contributed by atoms with Crippen LogP contribution in [0.1, 0.15) is 46.5 Å². The highest BCUT2D eigenvalue weighted by Crippen LogP contribution is 2.33. The summed E-state index contributed by atoms with van der Waals surface area (Å²) in [5.74, 6) is 1.14. The van der Waals surface area contributed by atoms with Gasteiger partial charge in [0.2, 0.25) is 0 Å². The van der Waals surface area contributed by atoms with Gasteiger partial charge in [0, 0.05) is 11.5 Å². The van der Waals surface area contributed by atoms with Crippen LogP contribution < -0.4 is 5.32 Å². The van der Waals surface area contributed by atoms with Crippen molar-refractivity contribution in [1.29, 1.82) is 0 Å². The summed E-state index contributed by atoms with van der Waals surface area (Å²) in [6, 6.07) is 0. The molecule has 0 aromatic rings. The van der Waals surface area contributed by atoms with Crippen molar-refractivity contribution in [3.8, 4) is 0 Å². The molecule has 2 heteroatoms. The van der Waals surface area contributed by atoms with Gasteiger partial charge in [-0.15, -0.1) is 0 Å². The fourth-order valence-corrected chi connectivity index (χ4v) is 2.81. The van der Waals surface area contributed by atoms with Crippen LogP contribution in [0.5, 0.6) is 0 Å². The molecule has 1 aliphatic rings. The minimum atomic E-state index is 0.0483. The molecule has 0 fully saturated rings. The molecule has 0 bridgehead atoms. The predicted octanol–water partition coefficient (Wildman–Crippen LogP) is 3.18. The van der Waals surface area contributed by atoms with E-state index in [0.717, 1.165) is 12.7 Å². The molecule has 1 aliphatic carbocycles. The quantitative estimate of drug-likeness (QED) is 0.568. The van der Waals surface area contributed by atoms with Gasteiger partial charge in [0.05, 0.1) is 0 Å². The highest BCUT2D eigenvalue weighted by Gasteiger charge is 2.34. The van der Waals surface area contributed by atoms with Crippen LogP contribution in [0.25, 0.3) is 0 Å². The lowest BCUT2D eigenvalue weighted by molar-refractivity contribution is -0.112. The monoisotopic (exact) mass is 237 g/mol. The molecule has 4 atom stereocenters. The van der Waals surface area contributed by atoms with E-state index in [1.807, 2.05) is 14.0 Å². The van der Waals surface area contributed by atoms with Gasteiger partial charge in [-0.1, -0.05) is 26.0 Å². The van der Waals surface area contributed by atoms with Gasteiger partial charge < -0.3 is 10.1 Å². The summed E-state index contributed by atoms with van der Waals surface area (Å²) in [7, 11) is 2.01. The normalized spacial score (nSPS) is 27.2. The number of nitrogens with one attached hydrogen (secondary N) is 1. The lowest BCUT2D eigenvalue weighted by Crippen LogP contribution is -2.49. The molecule has 0 aromatic heterocycles. The first-order valence-corrected chi connectivity index (χ1v) is 6.84. The zero-order valence-corrected chi connectivity index (χ0v) is 11.7. The maximum absolute atomic E-state index is 11.0. The molecule has 0 spiro atoms. The van der Waals surface area contributed by atoms with Gasteiger partial charge in [-0.3, -0.25) is 0 Å². The predicted molar refractivity (Wildman–Crippen MR) is 73.0 cm³/mol. The van der Waals surface area contributed by atoms with E-state index >= 15 is 0 Å². The van der Waals surface area contributed by atoms with Gasteiger partial charge in [-0.05, 0) is 51.5 Å². The molecule has 1 rings (SSSR count). The Morgan fingerprint density at radius 1 is 1.53 bits per heavy atom. The van der Waals surface area contributed by atoms with Gasteiger partial charge in [0.25, 0.3) is 0 Å². The molecule has 0 aliphatic heterocycles. The van der Waals surface area contributed by atoms with Crippen molar-refractivity contribution in [2.75, 3.05) is 7.05 Å². The zero-order valence-electron chi connectivity index (χ0n) is 11.7. The van der Waals surface area contributed by atoms with Crippen molar-refractivity contribution in [1.82, 2.24) is 5.32 Å². The van der Waals surface area contributed by atoms with Crippen LogP contribution >= 0.6 is 0 Å². The third-order valence-corrected chi connectivity index (χ3v) is 4.62. The van der Waals surface area contributed by atoms with E-state index < -0.39 is 0 Å². The molecule has 0 saturated heterocycles. The van der Waals surface area contributed by atoms with E-state index in [1.165, 1.54) is 19.3 Å². The molecule has 17 heavy (non-hydrogen) atoms. The zero-order chi connectivity index (χ0) is 12.9. The highest BCUT2D eigenvalue weighted by atomic mass is 16.1. The number of carbonyl (C=O) groups excluding carboxylic acids is 1. The molecular weight excluding hydrogens is 210 g/mol. The number of hydrogen-bond donors (Lipinski definition) is 1. The second kappa shape index (κ2) is 6.34. The summed E-state index contributed by atoms with van der Waals surface area (Å²) in [4.78, 5) is 11.0. The topological polar surface area (TPSA) is 29.1 Å². The van der Waals surface area contributed by atoms with E-state index in [4.69, 9.17) is 0 Å². The molecule has 0 radical (unpaired) electrons. The average molecular weight is 237 g/mol. The molecule has 0 amide bonds. The lowest BCUT2D eigenvalue weighted by atomic mass is 9.73. The lowest BCUT2D eigenvalue weighted by Gasteiger charge is -2.40. The number of carbonyl (C=O) groups is 1. The van der Waals surface area contributed by atoms with Crippen LogP contribution in [0, 0.1) is 17.8 Å². The number of aldehydes is 1. The van der Waals surface area contributed by atoms with E-state index in [2.05, 4.69) is 31.3 Å². The first-order valence-electron chi connectivity index (χ1n) is 6.84. The number of hydrogen-bond acceptors (Lipinski definition) is 2. The van der Waals surface area contributed by atoms with Gasteiger partial charge in [-0.2, -0.15) is 0 Å². The first-order chi connectivity index (χ1) is 8.03. The summed E-state index contributed by atoms with van der Waals surface area (Å²) in [6.07, 6.45) is 10.7. The molecule has 98 valence electrons. The molecule has 0 aromatic carbocycles. The Morgan fingerprint density at radius 3 is 2.71 bits per heavy atom. The number of allylic oxidation sites excluding steroid dienone is 2. The van der Waals surface area contributed by atoms with Crippen molar-refractivity contribution in [3.63, 3.8) is 0 Å². The van der Waals surface area contributed by atoms with Gasteiger partial charge in [0.1, 0.15) is 6.29 Å². The second-order valence-electron chi connectivity index (χ2n) is 5.77. The summed E-state index contributed by atoms with van der Waals surface area (Å²) in [6.45, 7) is 6.45. The van der Waals surface area contributed by atoms with Crippen LogP contribution in [0.2, 0.25) is 0 Å². The van der Waals surface area contributed by atoms with Crippen molar-refractivity contribution >= 4 is 6.29 Å². The van der Waals surface area contributed by atoms with E-state index in [1.54, 1.807) is 0 Å². The Labute approximate surface area is 106 Å². The van der Waals surface area contributed by atoms with Crippen molar-refractivity contribution < 1.29 is 4.79 Å². The van der Waals surface area contributed by atoms with Crippen molar-refractivity contribution in [3.05, 3.63) is 12.2 Å². The third-order valence-electron chi connectivity index (χ3n) is 4.62. The summed E-state index contributed by atoms with van der Waals surface area (Å²) < 4.78 is 0. The minimum Gasteiger partial charge on any atom is -0.314 e. The molecule has 0 saturated carbocycles.